The van der Waals surface area contributed by atoms with Gasteiger partial charge < -0.3 is 0 Å². The maximum atomic E-state index is 4.94. The summed E-state index contributed by atoms with van der Waals surface area (Å²) in [6, 6.07) is 0. The molecule has 0 fully saturated rings. The SMILES string of the molecule is C=CC1(SC(=S)S)C=CC=CC1. The van der Waals surface area contributed by atoms with E-state index in [1.165, 1.54) is 0 Å². The van der Waals surface area contributed by atoms with Crippen LogP contribution >= 0.6 is 36.6 Å². The highest BCUT2D eigenvalue weighted by Gasteiger charge is 2.24. The Labute approximate surface area is 88.2 Å². The number of rotatable bonds is 2. The lowest BCUT2D eigenvalue weighted by molar-refractivity contribution is 0.890. The fourth-order valence-electron chi connectivity index (χ4n) is 1.05. The van der Waals surface area contributed by atoms with Crippen LogP contribution in [0.25, 0.3) is 0 Å². The molecule has 0 saturated heterocycles. The highest BCUT2D eigenvalue weighted by atomic mass is 32.2. The number of hydrogen-bond acceptors (Lipinski definition) is 2. The summed E-state index contributed by atoms with van der Waals surface area (Å²) in [5.74, 6) is 0. The van der Waals surface area contributed by atoms with Crippen LogP contribution in [0.1, 0.15) is 6.42 Å². The van der Waals surface area contributed by atoms with Gasteiger partial charge in [0.25, 0.3) is 0 Å². The van der Waals surface area contributed by atoms with Gasteiger partial charge in [-0.1, -0.05) is 54.4 Å². The van der Waals surface area contributed by atoms with E-state index in [2.05, 4.69) is 31.4 Å². The van der Waals surface area contributed by atoms with Crippen LogP contribution in [0, 0.1) is 0 Å². The maximum Gasteiger partial charge on any atom is 0.102 e. The first-order valence-electron chi connectivity index (χ1n) is 3.58. The summed E-state index contributed by atoms with van der Waals surface area (Å²) < 4.78 is 0.600. The van der Waals surface area contributed by atoms with Gasteiger partial charge in [0.05, 0.1) is 4.75 Å². The van der Waals surface area contributed by atoms with E-state index < -0.39 is 0 Å². The maximum absolute atomic E-state index is 4.94. The molecule has 1 rings (SSSR count). The van der Waals surface area contributed by atoms with Crippen molar-refractivity contribution in [2.45, 2.75) is 11.2 Å². The van der Waals surface area contributed by atoms with Gasteiger partial charge >= 0.3 is 0 Å². The van der Waals surface area contributed by atoms with Gasteiger partial charge in [-0.2, -0.15) is 0 Å². The van der Waals surface area contributed by atoms with Crippen LogP contribution in [-0.4, -0.2) is 8.28 Å². The summed E-state index contributed by atoms with van der Waals surface area (Å²) in [7, 11) is 0. The van der Waals surface area contributed by atoms with Crippen molar-refractivity contribution in [1.29, 1.82) is 0 Å². The van der Waals surface area contributed by atoms with Gasteiger partial charge in [0.2, 0.25) is 0 Å². The van der Waals surface area contributed by atoms with Gasteiger partial charge in [-0.3, -0.25) is 0 Å². The minimum Gasteiger partial charge on any atom is -0.125 e. The molecule has 0 aromatic carbocycles. The quantitative estimate of drug-likeness (QED) is 0.425. The standard InChI is InChI=1S/C9H10S3/c1-2-9(12-8(10)11)6-4-3-5-7-9/h2-6H,1,7H2,(H,10,11). The molecule has 64 valence electrons. The number of hydrogen-bond donors (Lipinski definition) is 1. The van der Waals surface area contributed by atoms with E-state index in [9.17, 15) is 0 Å². The summed E-state index contributed by atoms with van der Waals surface area (Å²) in [6.07, 6.45) is 11.1. The van der Waals surface area contributed by atoms with E-state index in [4.69, 9.17) is 12.2 Å². The van der Waals surface area contributed by atoms with E-state index in [1.54, 1.807) is 11.8 Å². The first kappa shape index (κ1) is 10.1. The molecule has 0 radical (unpaired) electrons. The van der Waals surface area contributed by atoms with E-state index in [-0.39, 0.29) is 4.75 Å². The third-order valence-corrected chi connectivity index (χ3v) is 3.23. The average Bonchev–Trinajstić information content (AvgIpc) is 2.05. The van der Waals surface area contributed by atoms with E-state index in [0.29, 0.717) is 3.53 Å². The Hall–Kier alpha value is 0.01000. The summed E-state index contributed by atoms with van der Waals surface area (Å²) in [5.41, 5.74) is 0. The largest absolute Gasteiger partial charge is 0.125 e. The van der Waals surface area contributed by atoms with Crippen molar-refractivity contribution in [3.05, 3.63) is 37.0 Å². The van der Waals surface area contributed by atoms with E-state index in [0.717, 1.165) is 6.42 Å². The van der Waals surface area contributed by atoms with Crippen molar-refractivity contribution in [1.82, 2.24) is 0 Å². The van der Waals surface area contributed by atoms with Crippen LogP contribution in [0.2, 0.25) is 0 Å². The monoisotopic (exact) mass is 214 g/mol. The molecule has 0 aromatic heterocycles. The second-order valence-corrected chi connectivity index (χ2v) is 5.61. The number of thioether (sulfide) groups is 1. The number of thiol groups is 1. The van der Waals surface area contributed by atoms with Gasteiger partial charge in [0, 0.05) is 0 Å². The molecule has 0 bridgehead atoms. The van der Waals surface area contributed by atoms with Gasteiger partial charge in [-0.05, 0) is 6.42 Å². The molecular weight excluding hydrogens is 204 g/mol. The lowest BCUT2D eigenvalue weighted by Crippen LogP contribution is -2.19. The Morgan fingerprint density at radius 2 is 2.42 bits per heavy atom. The molecule has 0 aliphatic heterocycles. The van der Waals surface area contributed by atoms with Gasteiger partial charge in [0.15, 0.2) is 0 Å². The Morgan fingerprint density at radius 3 is 2.83 bits per heavy atom. The highest BCUT2D eigenvalue weighted by Crippen LogP contribution is 2.36. The first-order chi connectivity index (χ1) is 5.68. The van der Waals surface area contributed by atoms with Crippen molar-refractivity contribution in [3.63, 3.8) is 0 Å². The third-order valence-electron chi connectivity index (χ3n) is 1.69. The zero-order valence-corrected chi connectivity index (χ0v) is 9.09. The van der Waals surface area contributed by atoms with Crippen LogP contribution < -0.4 is 0 Å². The zero-order valence-electron chi connectivity index (χ0n) is 6.56. The van der Waals surface area contributed by atoms with E-state index >= 15 is 0 Å². The Balaban J connectivity index is 2.76. The highest BCUT2D eigenvalue weighted by molar-refractivity contribution is 8.42. The molecule has 3 heteroatoms. The fourth-order valence-corrected chi connectivity index (χ4v) is 2.76. The van der Waals surface area contributed by atoms with Crippen LogP contribution in [0.4, 0.5) is 0 Å². The van der Waals surface area contributed by atoms with Crippen LogP contribution in [0.3, 0.4) is 0 Å². The van der Waals surface area contributed by atoms with E-state index in [1.807, 2.05) is 18.2 Å². The molecule has 1 aliphatic carbocycles. The molecule has 0 spiro atoms. The minimum atomic E-state index is -0.0619. The molecule has 0 aromatic rings. The molecule has 0 N–H and O–H groups in total. The Morgan fingerprint density at radius 1 is 1.67 bits per heavy atom. The molecule has 0 heterocycles. The Kier molecular flexibility index (Phi) is 3.62. The summed E-state index contributed by atoms with van der Waals surface area (Å²) in [6.45, 7) is 3.81. The van der Waals surface area contributed by atoms with Crippen molar-refractivity contribution < 1.29 is 0 Å². The third kappa shape index (κ3) is 2.51. The fraction of sp³-hybridized carbons (Fsp3) is 0.222. The van der Waals surface area contributed by atoms with Crippen molar-refractivity contribution in [2.75, 3.05) is 0 Å². The van der Waals surface area contributed by atoms with Crippen LogP contribution in [0.5, 0.6) is 0 Å². The predicted molar refractivity (Wildman–Crippen MR) is 65.0 cm³/mol. The van der Waals surface area contributed by atoms with Crippen molar-refractivity contribution >= 4 is 40.1 Å². The van der Waals surface area contributed by atoms with Crippen molar-refractivity contribution in [2.24, 2.45) is 0 Å². The first-order valence-corrected chi connectivity index (χ1v) is 5.26. The molecule has 1 unspecified atom stereocenters. The second kappa shape index (κ2) is 4.30. The second-order valence-electron chi connectivity index (χ2n) is 2.52. The lowest BCUT2D eigenvalue weighted by atomic mass is 10.0. The Bertz CT molecular complexity index is 252. The summed E-state index contributed by atoms with van der Waals surface area (Å²) in [4.78, 5) is 0. The summed E-state index contributed by atoms with van der Waals surface area (Å²) in [5, 5.41) is 0. The lowest BCUT2D eigenvalue weighted by Gasteiger charge is -2.25. The van der Waals surface area contributed by atoms with Crippen LogP contribution in [0.15, 0.2) is 37.0 Å². The van der Waals surface area contributed by atoms with Gasteiger partial charge in [-0.25, -0.2) is 0 Å². The summed E-state index contributed by atoms with van der Waals surface area (Å²) >= 11 is 10.6. The molecular formula is C9H10S3. The predicted octanol–water partition coefficient (Wildman–Crippen LogP) is 3.38. The molecule has 1 aliphatic rings. The average molecular weight is 214 g/mol. The van der Waals surface area contributed by atoms with Gasteiger partial charge in [0.1, 0.15) is 3.53 Å². The van der Waals surface area contributed by atoms with Gasteiger partial charge in [-0.15, -0.1) is 19.2 Å². The molecule has 0 nitrogen and oxygen atoms in total. The zero-order chi connectivity index (χ0) is 9.03. The molecule has 0 amide bonds. The number of allylic oxidation sites excluding steroid dienone is 3. The molecule has 0 saturated carbocycles. The minimum absolute atomic E-state index is 0.0619. The normalized spacial score (nSPS) is 27.1. The topological polar surface area (TPSA) is 0 Å². The van der Waals surface area contributed by atoms with Crippen molar-refractivity contribution in [3.8, 4) is 0 Å². The molecule has 12 heavy (non-hydrogen) atoms. The molecule has 1 atom stereocenters. The smallest absolute Gasteiger partial charge is 0.102 e. The number of thiocarbonyl (C=S) groups is 1. The van der Waals surface area contributed by atoms with Crippen LogP contribution in [-0.2, 0) is 0 Å².